The molecule has 0 saturated carbocycles. The Bertz CT molecular complexity index is 855. The van der Waals surface area contributed by atoms with E-state index >= 15 is 0 Å². The summed E-state index contributed by atoms with van der Waals surface area (Å²) in [6.07, 6.45) is 3.53. The van der Waals surface area contributed by atoms with Gasteiger partial charge in [-0.05, 0) is 48.5 Å². The normalized spacial score (nSPS) is 10.2. The van der Waals surface area contributed by atoms with E-state index in [9.17, 15) is 9.59 Å². The molecular formula is C18H16N4O2. The van der Waals surface area contributed by atoms with Crippen molar-refractivity contribution in [2.45, 2.75) is 6.92 Å². The van der Waals surface area contributed by atoms with E-state index in [0.29, 0.717) is 16.9 Å². The minimum absolute atomic E-state index is 0.160. The summed E-state index contributed by atoms with van der Waals surface area (Å²) in [5.74, 6) is -0.380. The molecule has 6 nitrogen and oxygen atoms in total. The molecule has 24 heavy (non-hydrogen) atoms. The fourth-order valence-corrected chi connectivity index (χ4v) is 2.27. The summed E-state index contributed by atoms with van der Waals surface area (Å²) in [6, 6.07) is 16.0. The number of hydrogen-bond donors (Lipinski definition) is 2. The molecule has 0 spiro atoms. The van der Waals surface area contributed by atoms with E-state index in [2.05, 4.69) is 15.7 Å². The van der Waals surface area contributed by atoms with E-state index in [4.69, 9.17) is 0 Å². The number of hydrogen-bond acceptors (Lipinski definition) is 3. The second kappa shape index (κ2) is 6.78. The van der Waals surface area contributed by atoms with Gasteiger partial charge in [0.1, 0.15) is 0 Å². The molecule has 0 aliphatic rings. The van der Waals surface area contributed by atoms with Crippen LogP contribution in [-0.4, -0.2) is 21.6 Å². The van der Waals surface area contributed by atoms with Crippen molar-refractivity contribution < 1.29 is 9.59 Å². The molecule has 2 amide bonds. The number of rotatable bonds is 4. The van der Waals surface area contributed by atoms with Crippen molar-refractivity contribution in [2.24, 2.45) is 0 Å². The van der Waals surface area contributed by atoms with Gasteiger partial charge in [-0.15, -0.1) is 0 Å². The molecule has 3 rings (SSSR count). The Morgan fingerprint density at radius 3 is 2.29 bits per heavy atom. The number of aromatic nitrogens is 2. The van der Waals surface area contributed by atoms with E-state index in [1.54, 1.807) is 47.3 Å². The van der Waals surface area contributed by atoms with Crippen molar-refractivity contribution in [3.8, 4) is 5.69 Å². The van der Waals surface area contributed by atoms with Crippen LogP contribution >= 0.6 is 0 Å². The highest BCUT2D eigenvalue weighted by Gasteiger charge is 2.07. The molecule has 0 radical (unpaired) electrons. The summed E-state index contributed by atoms with van der Waals surface area (Å²) >= 11 is 0. The zero-order chi connectivity index (χ0) is 16.9. The van der Waals surface area contributed by atoms with E-state index in [-0.39, 0.29) is 11.8 Å². The minimum Gasteiger partial charge on any atom is -0.326 e. The zero-order valence-corrected chi connectivity index (χ0v) is 13.1. The van der Waals surface area contributed by atoms with Gasteiger partial charge in [-0.3, -0.25) is 9.59 Å². The Morgan fingerprint density at radius 2 is 1.67 bits per heavy atom. The lowest BCUT2D eigenvalue weighted by molar-refractivity contribution is -0.114. The third-order valence-corrected chi connectivity index (χ3v) is 3.34. The molecule has 0 unspecified atom stereocenters. The molecule has 2 N–H and O–H groups in total. The fraction of sp³-hybridized carbons (Fsp3) is 0.0556. The predicted octanol–water partition coefficient (Wildman–Crippen LogP) is 3.08. The van der Waals surface area contributed by atoms with Gasteiger partial charge in [0.25, 0.3) is 5.91 Å². The monoisotopic (exact) mass is 320 g/mol. The molecule has 0 fully saturated rings. The lowest BCUT2D eigenvalue weighted by Gasteiger charge is -2.08. The Morgan fingerprint density at radius 1 is 0.958 bits per heavy atom. The maximum Gasteiger partial charge on any atom is 0.255 e. The van der Waals surface area contributed by atoms with Crippen LogP contribution < -0.4 is 10.6 Å². The molecule has 0 aliphatic heterocycles. The van der Waals surface area contributed by atoms with Crippen LogP contribution in [0.5, 0.6) is 0 Å². The SMILES string of the molecule is CC(=O)Nc1cccc(NC(=O)c2ccc(-n3cccn3)cc2)c1. The largest absolute Gasteiger partial charge is 0.326 e. The van der Waals surface area contributed by atoms with Gasteiger partial charge < -0.3 is 10.6 Å². The van der Waals surface area contributed by atoms with Gasteiger partial charge in [-0.1, -0.05) is 6.07 Å². The summed E-state index contributed by atoms with van der Waals surface area (Å²) in [7, 11) is 0. The van der Waals surface area contributed by atoms with E-state index in [1.165, 1.54) is 6.92 Å². The molecule has 3 aromatic rings. The van der Waals surface area contributed by atoms with Gasteiger partial charge in [0.05, 0.1) is 5.69 Å². The number of benzene rings is 2. The van der Waals surface area contributed by atoms with Crippen LogP contribution in [0.2, 0.25) is 0 Å². The molecule has 1 heterocycles. The van der Waals surface area contributed by atoms with Gasteiger partial charge >= 0.3 is 0 Å². The summed E-state index contributed by atoms with van der Waals surface area (Å²) in [6.45, 7) is 1.44. The summed E-state index contributed by atoms with van der Waals surface area (Å²) < 4.78 is 1.72. The van der Waals surface area contributed by atoms with Crippen molar-refractivity contribution >= 4 is 23.2 Å². The highest BCUT2D eigenvalue weighted by Crippen LogP contribution is 2.16. The summed E-state index contributed by atoms with van der Waals surface area (Å²) in [4.78, 5) is 23.4. The Balaban J connectivity index is 1.72. The minimum atomic E-state index is -0.220. The van der Waals surface area contributed by atoms with Crippen LogP contribution in [0.4, 0.5) is 11.4 Å². The molecule has 0 aliphatic carbocycles. The second-order valence-corrected chi connectivity index (χ2v) is 5.21. The Kier molecular flexibility index (Phi) is 4.38. The first-order chi connectivity index (χ1) is 11.6. The third-order valence-electron chi connectivity index (χ3n) is 3.34. The summed E-state index contributed by atoms with van der Waals surface area (Å²) in [5, 5.41) is 9.64. The first-order valence-corrected chi connectivity index (χ1v) is 7.41. The number of nitrogens with one attached hydrogen (secondary N) is 2. The van der Waals surface area contributed by atoms with Crippen LogP contribution in [0, 0.1) is 0 Å². The van der Waals surface area contributed by atoms with Crippen LogP contribution in [-0.2, 0) is 4.79 Å². The van der Waals surface area contributed by atoms with Crippen molar-refractivity contribution in [3.63, 3.8) is 0 Å². The lowest BCUT2D eigenvalue weighted by atomic mass is 10.2. The van der Waals surface area contributed by atoms with Crippen LogP contribution in [0.1, 0.15) is 17.3 Å². The highest BCUT2D eigenvalue weighted by molar-refractivity contribution is 6.04. The van der Waals surface area contributed by atoms with Crippen molar-refractivity contribution in [1.29, 1.82) is 0 Å². The number of carbonyl (C=O) groups excluding carboxylic acids is 2. The molecule has 120 valence electrons. The standard InChI is InChI=1S/C18H16N4O2/c1-13(23)20-15-4-2-5-16(12-15)21-18(24)14-6-8-17(9-7-14)22-11-3-10-19-22/h2-12H,1H3,(H,20,23)(H,21,24). The molecule has 0 saturated heterocycles. The van der Waals surface area contributed by atoms with Gasteiger partial charge in [-0.2, -0.15) is 5.10 Å². The van der Waals surface area contributed by atoms with Gasteiger partial charge in [0, 0.05) is 36.3 Å². The molecule has 0 bridgehead atoms. The second-order valence-electron chi connectivity index (χ2n) is 5.21. The van der Waals surface area contributed by atoms with Crippen molar-refractivity contribution in [3.05, 3.63) is 72.6 Å². The quantitative estimate of drug-likeness (QED) is 0.775. The highest BCUT2D eigenvalue weighted by atomic mass is 16.2. The van der Waals surface area contributed by atoms with Crippen molar-refractivity contribution in [1.82, 2.24) is 9.78 Å². The number of nitrogens with zero attached hydrogens (tertiary/aromatic N) is 2. The fourth-order valence-electron chi connectivity index (χ4n) is 2.27. The smallest absolute Gasteiger partial charge is 0.255 e. The van der Waals surface area contributed by atoms with Crippen LogP contribution in [0.25, 0.3) is 5.69 Å². The average molecular weight is 320 g/mol. The lowest BCUT2D eigenvalue weighted by Crippen LogP contribution is -2.12. The predicted molar refractivity (Wildman–Crippen MR) is 92.3 cm³/mol. The Hall–Kier alpha value is -3.41. The van der Waals surface area contributed by atoms with Crippen LogP contribution in [0.3, 0.4) is 0 Å². The number of carbonyl (C=O) groups is 2. The number of anilines is 2. The molecule has 6 heteroatoms. The zero-order valence-electron chi connectivity index (χ0n) is 13.1. The van der Waals surface area contributed by atoms with E-state index < -0.39 is 0 Å². The van der Waals surface area contributed by atoms with Gasteiger partial charge in [0.2, 0.25) is 5.91 Å². The molecule has 1 aromatic heterocycles. The first kappa shape index (κ1) is 15.5. The topological polar surface area (TPSA) is 76.0 Å². The van der Waals surface area contributed by atoms with Gasteiger partial charge in [0.15, 0.2) is 0 Å². The Labute approximate surface area is 139 Å². The third kappa shape index (κ3) is 3.67. The molecular weight excluding hydrogens is 304 g/mol. The van der Waals surface area contributed by atoms with E-state index in [1.807, 2.05) is 24.4 Å². The number of amides is 2. The maximum atomic E-state index is 12.3. The average Bonchev–Trinajstić information content (AvgIpc) is 3.09. The van der Waals surface area contributed by atoms with E-state index in [0.717, 1.165) is 5.69 Å². The van der Waals surface area contributed by atoms with Gasteiger partial charge in [-0.25, -0.2) is 4.68 Å². The molecule has 0 atom stereocenters. The van der Waals surface area contributed by atoms with Crippen LogP contribution in [0.15, 0.2) is 67.0 Å². The summed E-state index contributed by atoms with van der Waals surface area (Å²) in [5.41, 5.74) is 2.66. The first-order valence-electron chi connectivity index (χ1n) is 7.41. The maximum absolute atomic E-state index is 12.3. The molecule has 2 aromatic carbocycles. The van der Waals surface area contributed by atoms with Crippen molar-refractivity contribution in [2.75, 3.05) is 10.6 Å².